The van der Waals surface area contributed by atoms with Gasteiger partial charge in [-0.3, -0.25) is 4.90 Å². The molecule has 4 nitrogen and oxygen atoms in total. The molecule has 2 rings (SSSR count). The maximum atomic E-state index is 6.43. The Kier molecular flexibility index (Phi) is 5.13. The van der Waals surface area contributed by atoms with E-state index < -0.39 is 0 Å². The van der Waals surface area contributed by atoms with Crippen molar-refractivity contribution in [2.24, 2.45) is 5.73 Å². The van der Waals surface area contributed by atoms with E-state index in [1.165, 1.54) is 0 Å². The highest BCUT2D eigenvalue weighted by molar-refractivity contribution is 6.33. The Bertz CT molecular complexity index is 467. The Balaban J connectivity index is 2.17. The number of ether oxygens (including phenoxy) is 2. The summed E-state index contributed by atoms with van der Waals surface area (Å²) in [5.74, 6) is 1.27. The van der Waals surface area contributed by atoms with Crippen LogP contribution in [-0.4, -0.2) is 37.7 Å². The van der Waals surface area contributed by atoms with Crippen LogP contribution in [0.2, 0.25) is 5.02 Å². The number of hydrogen-bond acceptors (Lipinski definition) is 4. The van der Waals surface area contributed by atoms with E-state index in [0.717, 1.165) is 31.5 Å². The van der Waals surface area contributed by atoms with Crippen molar-refractivity contribution in [2.45, 2.75) is 38.4 Å². The fraction of sp³-hybridized carbons (Fsp3) is 0.600. The second-order valence-corrected chi connectivity index (χ2v) is 5.76. The van der Waals surface area contributed by atoms with Crippen LogP contribution >= 0.6 is 11.6 Å². The van der Waals surface area contributed by atoms with Crippen molar-refractivity contribution in [3.8, 4) is 11.5 Å². The lowest BCUT2D eigenvalue weighted by molar-refractivity contribution is 0.140. The van der Waals surface area contributed by atoms with E-state index in [1.54, 1.807) is 14.2 Å². The third-order valence-corrected chi connectivity index (χ3v) is 4.41. The van der Waals surface area contributed by atoms with Gasteiger partial charge in [0.05, 0.1) is 19.2 Å². The number of hydrogen-bond donors (Lipinski definition) is 1. The van der Waals surface area contributed by atoms with Gasteiger partial charge in [-0.25, -0.2) is 0 Å². The smallest absolute Gasteiger partial charge is 0.179 e. The Morgan fingerprint density at radius 3 is 2.70 bits per heavy atom. The van der Waals surface area contributed by atoms with Crippen molar-refractivity contribution in [1.29, 1.82) is 0 Å². The fourth-order valence-electron chi connectivity index (χ4n) is 2.76. The molecule has 0 bridgehead atoms. The van der Waals surface area contributed by atoms with Crippen LogP contribution in [0.25, 0.3) is 0 Å². The molecule has 0 aliphatic carbocycles. The molecule has 1 fully saturated rings. The number of rotatable bonds is 4. The minimum atomic E-state index is 0.321. The molecule has 1 aromatic rings. The molecule has 5 heteroatoms. The molecule has 20 heavy (non-hydrogen) atoms. The lowest BCUT2D eigenvalue weighted by atomic mass is 9.98. The maximum Gasteiger partial charge on any atom is 0.179 e. The van der Waals surface area contributed by atoms with E-state index in [2.05, 4.69) is 11.8 Å². The minimum Gasteiger partial charge on any atom is -0.493 e. The van der Waals surface area contributed by atoms with Crippen LogP contribution in [0, 0.1) is 0 Å². The zero-order valence-electron chi connectivity index (χ0n) is 12.4. The van der Waals surface area contributed by atoms with Gasteiger partial charge in [0.25, 0.3) is 0 Å². The van der Waals surface area contributed by atoms with Gasteiger partial charge in [-0.1, -0.05) is 17.7 Å². The van der Waals surface area contributed by atoms with E-state index in [0.29, 0.717) is 28.6 Å². The molecule has 2 N–H and O–H groups in total. The molecule has 2 atom stereocenters. The summed E-state index contributed by atoms with van der Waals surface area (Å²) in [5, 5.41) is 0.633. The van der Waals surface area contributed by atoms with E-state index in [4.69, 9.17) is 26.8 Å². The zero-order chi connectivity index (χ0) is 14.7. The minimum absolute atomic E-state index is 0.321. The Morgan fingerprint density at radius 2 is 2.10 bits per heavy atom. The normalized spacial score (nSPS) is 23.6. The Morgan fingerprint density at radius 1 is 1.35 bits per heavy atom. The van der Waals surface area contributed by atoms with Gasteiger partial charge in [0.2, 0.25) is 0 Å². The fourth-order valence-corrected chi connectivity index (χ4v) is 3.06. The van der Waals surface area contributed by atoms with Crippen molar-refractivity contribution in [2.75, 3.05) is 20.8 Å². The van der Waals surface area contributed by atoms with Gasteiger partial charge in [0.1, 0.15) is 0 Å². The molecule has 1 heterocycles. The zero-order valence-corrected chi connectivity index (χ0v) is 13.1. The Labute approximate surface area is 125 Å². The number of likely N-dealkylation sites (tertiary alicyclic amines) is 1. The summed E-state index contributed by atoms with van der Waals surface area (Å²) >= 11 is 6.43. The topological polar surface area (TPSA) is 47.7 Å². The van der Waals surface area contributed by atoms with Crippen molar-refractivity contribution in [1.82, 2.24) is 4.90 Å². The van der Waals surface area contributed by atoms with Crippen molar-refractivity contribution < 1.29 is 9.47 Å². The average Bonchev–Trinajstić information content (AvgIpc) is 2.43. The molecule has 2 unspecified atom stereocenters. The highest BCUT2D eigenvalue weighted by Crippen LogP contribution is 2.38. The van der Waals surface area contributed by atoms with Crippen LogP contribution in [0.5, 0.6) is 11.5 Å². The van der Waals surface area contributed by atoms with Crippen LogP contribution in [0.3, 0.4) is 0 Å². The molecule has 0 amide bonds. The standard InChI is InChI=1S/C15H23ClN2O2/c1-10-8-12(17)6-7-18(10)9-11-4-5-13(19-2)15(20-3)14(11)16/h4-5,10,12H,6-9,17H2,1-3H3. The molecule has 112 valence electrons. The van der Waals surface area contributed by atoms with Crippen LogP contribution in [0.15, 0.2) is 12.1 Å². The summed E-state index contributed by atoms with van der Waals surface area (Å²) < 4.78 is 10.6. The first-order chi connectivity index (χ1) is 9.56. The van der Waals surface area contributed by atoms with Crippen LogP contribution in [0.1, 0.15) is 25.3 Å². The van der Waals surface area contributed by atoms with Gasteiger partial charge in [-0.05, 0) is 31.4 Å². The highest BCUT2D eigenvalue weighted by atomic mass is 35.5. The number of nitrogens with two attached hydrogens (primary N) is 1. The Hall–Kier alpha value is -0.970. The second-order valence-electron chi connectivity index (χ2n) is 5.38. The first-order valence-electron chi connectivity index (χ1n) is 6.95. The van der Waals surface area contributed by atoms with E-state index >= 15 is 0 Å². The quantitative estimate of drug-likeness (QED) is 0.928. The molecule has 1 saturated heterocycles. The molecule has 1 aliphatic heterocycles. The largest absolute Gasteiger partial charge is 0.493 e. The number of nitrogens with zero attached hydrogens (tertiary/aromatic N) is 1. The molecule has 0 aromatic heterocycles. The molecule has 1 aromatic carbocycles. The van der Waals surface area contributed by atoms with Crippen LogP contribution in [-0.2, 0) is 6.54 Å². The monoisotopic (exact) mass is 298 g/mol. The maximum absolute atomic E-state index is 6.43. The van der Waals surface area contributed by atoms with E-state index in [-0.39, 0.29) is 0 Å². The second kappa shape index (κ2) is 6.66. The summed E-state index contributed by atoms with van der Waals surface area (Å²) in [7, 11) is 3.22. The summed E-state index contributed by atoms with van der Waals surface area (Å²) in [6, 6.07) is 4.70. The van der Waals surface area contributed by atoms with Gasteiger partial charge in [0.15, 0.2) is 11.5 Å². The first-order valence-corrected chi connectivity index (χ1v) is 7.33. The van der Waals surface area contributed by atoms with E-state index in [1.807, 2.05) is 12.1 Å². The number of benzene rings is 1. The van der Waals surface area contributed by atoms with Crippen molar-refractivity contribution in [3.63, 3.8) is 0 Å². The summed E-state index contributed by atoms with van der Waals surface area (Å²) in [6.45, 7) is 4.04. The van der Waals surface area contributed by atoms with Crippen LogP contribution in [0.4, 0.5) is 0 Å². The predicted octanol–water partition coefficient (Wildman–Crippen LogP) is 2.67. The molecule has 1 aliphatic rings. The number of halogens is 1. The summed E-state index contributed by atoms with van der Waals surface area (Å²) in [4.78, 5) is 2.41. The third kappa shape index (κ3) is 3.19. The van der Waals surface area contributed by atoms with Crippen molar-refractivity contribution >= 4 is 11.6 Å². The van der Waals surface area contributed by atoms with Gasteiger partial charge in [0, 0.05) is 25.2 Å². The van der Waals surface area contributed by atoms with Gasteiger partial charge >= 0.3 is 0 Å². The highest BCUT2D eigenvalue weighted by Gasteiger charge is 2.24. The van der Waals surface area contributed by atoms with Gasteiger partial charge in [-0.15, -0.1) is 0 Å². The first kappa shape index (κ1) is 15.4. The SMILES string of the molecule is COc1ccc(CN2CCC(N)CC2C)c(Cl)c1OC. The molecular formula is C15H23ClN2O2. The van der Waals surface area contributed by atoms with Gasteiger partial charge < -0.3 is 15.2 Å². The summed E-state index contributed by atoms with van der Waals surface area (Å²) in [6.07, 6.45) is 2.07. The molecule has 0 radical (unpaired) electrons. The lowest BCUT2D eigenvalue weighted by Crippen LogP contribution is -2.45. The van der Waals surface area contributed by atoms with Crippen LogP contribution < -0.4 is 15.2 Å². The number of methoxy groups -OCH3 is 2. The van der Waals surface area contributed by atoms with Crippen molar-refractivity contribution in [3.05, 3.63) is 22.7 Å². The predicted molar refractivity (Wildman–Crippen MR) is 81.6 cm³/mol. The third-order valence-electron chi connectivity index (χ3n) is 3.99. The van der Waals surface area contributed by atoms with Gasteiger partial charge in [-0.2, -0.15) is 0 Å². The molecular weight excluding hydrogens is 276 g/mol. The number of piperidine rings is 1. The lowest BCUT2D eigenvalue weighted by Gasteiger charge is -2.36. The summed E-state index contributed by atoms with van der Waals surface area (Å²) in [5.41, 5.74) is 7.07. The molecule has 0 spiro atoms. The molecule has 0 saturated carbocycles. The van der Waals surface area contributed by atoms with E-state index in [9.17, 15) is 0 Å². The average molecular weight is 299 g/mol.